The molecular formula is C15H26N4. The molecule has 106 valence electrons. The van der Waals surface area contributed by atoms with Crippen LogP contribution in [-0.2, 0) is 13.6 Å². The Morgan fingerprint density at radius 1 is 1.32 bits per heavy atom. The van der Waals surface area contributed by atoms with Crippen molar-refractivity contribution in [3.05, 3.63) is 17.5 Å². The van der Waals surface area contributed by atoms with Crippen LogP contribution in [-0.4, -0.2) is 39.9 Å². The van der Waals surface area contributed by atoms with E-state index in [2.05, 4.69) is 35.5 Å². The summed E-state index contributed by atoms with van der Waals surface area (Å²) in [7, 11) is 4.15. The first-order valence-corrected chi connectivity index (χ1v) is 7.59. The van der Waals surface area contributed by atoms with Crippen molar-refractivity contribution in [1.29, 1.82) is 0 Å². The molecule has 0 amide bonds. The molecule has 1 aromatic rings. The number of aryl methyl sites for hydroxylation is 1. The average molecular weight is 262 g/mol. The van der Waals surface area contributed by atoms with Gasteiger partial charge in [0.15, 0.2) is 0 Å². The fourth-order valence-corrected chi connectivity index (χ4v) is 3.87. The highest BCUT2D eigenvalue weighted by molar-refractivity contribution is 5.16. The van der Waals surface area contributed by atoms with Crippen molar-refractivity contribution in [3.63, 3.8) is 0 Å². The van der Waals surface area contributed by atoms with Crippen LogP contribution in [0, 0.1) is 6.92 Å². The van der Waals surface area contributed by atoms with E-state index in [1.165, 1.54) is 43.4 Å². The molecule has 19 heavy (non-hydrogen) atoms. The second kappa shape index (κ2) is 5.25. The Morgan fingerprint density at radius 3 is 2.53 bits per heavy atom. The summed E-state index contributed by atoms with van der Waals surface area (Å²) in [6.07, 6.45) is 8.82. The van der Waals surface area contributed by atoms with Crippen LogP contribution in [0.3, 0.4) is 0 Å². The minimum Gasteiger partial charge on any atom is -0.317 e. The monoisotopic (exact) mass is 262 g/mol. The van der Waals surface area contributed by atoms with Crippen LogP contribution in [0.1, 0.15) is 43.4 Å². The number of hydrogen-bond acceptors (Lipinski definition) is 3. The minimum absolute atomic E-state index is 0.724. The van der Waals surface area contributed by atoms with Gasteiger partial charge >= 0.3 is 0 Å². The van der Waals surface area contributed by atoms with Gasteiger partial charge in [-0.05, 0) is 39.7 Å². The van der Waals surface area contributed by atoms with E-state index in [1.807, 2.05) is 11.7 Å². The first-order chi connectivity index (χ1) is 9.19. The summed E-state index contributed by atoms with van der Waals surface area (Å²) in [6, 6.07) is 2.26. The van der Waals surface area contributed by atoms with Gasteiger partial charge in [0.05, 0.1) is 6.20 Å². The molecule has 3 heterocycles. The van der Waals surface area contributed by atoms with Crippen molar-refractivity contribution in [1.82, 2.24) is 20.0 Å². The van der Waals surface area contributed by atoms with E-state index in [4.69, 9.17) is 0 Å². The predicted octanol–water partition coefficient (Wildman–Crippen LogP) is 1.83. The molecule has 2 atom stereocenters. The van der Waals surface area contributed by atoms with E-state index in [-0.39, 0.29) is 0 Å². The lowest BCUT2D eigenvalue weighted by Crippen LogP contribution is -2.55. The molecule has 2 unspecified atom stereocenters. The molecule has 0 radical (unpaired) electrons. The first-order valence-electron chi connectivity index (χ1n) is 7.59. The molecular weight excluding hydrogens is 236 g/mol. The van der Waals surface area contributed by atoms with Gasteiger partial charge in [0.2, 0.25) is 0 Å². The van der Waals surface area contributed by atoms with Crippen molar-refractivity contribution >= 4 is 0 Å². The summed E-state index contributed by atoms with van der Waals surface area (Å²) < 4.78 is 1.99. The Bertz CT molecular complexity index is 425. The largest absolute Gasteiger partial charge is 0.317 e. The summed E-state index contributed by atoms with van der Waals surface area (Å²) in [5.74, 6) is 0. The number of hydrogen-bond donors (Lipinski definition) is 1. The molecule has 4 heteroatoms. The average Bonchev–Trinajstić information content (AvgIpc) is 2.70. The summed E-state index contributed by atoms with van der Waals surface area (Å²) in [5, 5.41) is 7.87. The van der Waals surface area contributed by atoms with Gasteiger partial charge in [-0.25, -0.2) is 0 Å². The number of nitrogens with zero attached hydrogens (tertiary/aromatic N) is 3. The zero-order valence-corrected chi connectivity index (χ0v) is 12.4. The summed E-state index contributed by atoms with van der Waals surface area (Å²) >= 11 is 0. The molecule has 0 aromatic carbocycles. The lowest BCUT2D eigenvalue weighted by molar-refractivity contribution is 0.0189. The fraction of sp³-hybridized carbons (Fsp3) is 0.800. The lowest BCUT2D eigenvalue weighted by atomic mass is 9.81. The Labute approximate surface area is 116 Å². The number of fused-ring (bicyclic) bond motifs is 2. The maximum Gasteiger partial charge on any atom is 0.0537 e. The van der Waals surface area contributed by atoms with Gasteiger partial charge in [-0.2, -0.15) is 5.10 Å². The number of piperidine rings is 2. The van der Waals surface area contributed by atoms with Crippen LogP contribution in [0.25, 0.3) is 0 Å². The van der Waals surface area contributed by atoms with Crippen LogP contribution in [0.5, 0.6) is 0 Å². The van der Waals surface area contributed by atoms with E-state index in [9.17, 15) is 0 Å². The third-order valence-corrected chi connectivity index (χ3v) is 5.22. The quantitative estimate of drug-likeness (QED) is 0.902. The van der Waals surface area contributed by atoms with E-state index in [0.717, 1.165) is 24.7 Å². The summed E-state index contributed by atoms with van der Waals surface area (Å²) in [6.45, 7) is 3.27. The zero-order valence-electron chi connectivity index (χ0n) is 12.4. The van der Waals surface area contributed by atoms with Crippen molar-refractivity contribution in [2.24, 2.45) is 7.05 Å². The summed E-state index contributed by atoms with van der Waals surface area (Å²) in [4.78, 5) is 2.75. The molecule has 0 spiro atoms. The molecule has 3 rings (SSSR count). The van der Waals surface area contributed by atoms with Gasteiger partial charge in [-0.1, -0.05) is 6.42 Å². The van der Waals surface area contributed by atoms with E-state index >= 15 is 0 Å². The van der Waals surface area contributed by atoms with E-state index < -0.39 is 0 Å². The third-order valence-electron chi connectivity index (χ3n) is 5.22. The Hall–Kier alpha value is -0.870. The van der Waals surface area contributed by atoms with Crippen LogP contribution in [0.4, 0.5) is 0 Å². The molecule has 1 N–H and O–H groups in total. The van der Waals surface area contributed by atoms with Gasteiger partial charge in [-0.15, -0.1) is 0 Å². The standard InChI is InChI=1S/C15H26N4/c1-11-12(9-17-18(11)3)10-19-14-5-4-6-15(19)8-13(7-14)16-2/h9,13-16H,4-8,10H2,1-3H3. The smallest absolute Gasteiger partial charge is 0.0537 e. The maximum atomic E-state index is 4.38. The Balaban J connectivity index is 1.75. The van der Waals surface area contributed by atoms with Crippen molar-refractivity contribution < 1.29 is 0 Å². The maximum absolute atomic E-state index is 4.38. The van der Waals surface area contributed by atoms with Crippen LogP contribution in [0.2, 0.25) is 0 Å². The molecule has 1 aromatic heterocycles. The molecule has 0 aliphatic carbocycles. The second-order valence-corrected chi connectivity index (χ2v) is 6.25. The van der Waals surface area contributed by atoms with Crippen LogP contribution in [0.15, 0.2) is 6.20 Å². The zero-order chi connectivity index (χ0) is 13.4. The number of nitrogens with one attached hydrogen (secondary N) is 1. The van der Waals surface area contributed by atoms with Crippen molar-refractivity contribution in [3.8, 4) is 0 Å². The third kappa shape index (κ3) is 2.43. The molecule has 4 nitrogen and oxygen atoms in total. The fourth-order valence-electron chi connectivity index (χ4n) is 3.87. The van der Waals surface area contributed by atoms with Crippen molar-refractivity contribution in [2.45, 2.75) is 63.7 Å². The molecule has 0 saturated carbocycles. The lowest BCUT2D eigenvalue weighted by Gasteiger charge is -2.49. The van der Waals surface area contributed by atoms with Crippen molar-refractivity contribution in [2.75, 3.05) is 7.05 Å². The Morgan fingerprint density at radius 2 is 2.00 bits per heavy atom. The highest BCUT2D eigenvalue weighted by atomic mass is 15.3. The van der Waals surface area contributed by atoms with Gasteiger partial charge in [0, 0.05) is 43.0 Å². The van der Waals surface area contributed by atoms with Gasteiger partial charge < -0.3 is 5.32 Å². The van der Waals surface area contributed by atoms with E-state index in [1.54, 1.807) is 0 Å². The number of aromatic nitrogens is 2. The first kappa shape index (κ1) is 13.1. The van der Waals surface area contributed by atoms with Crippen LogP contribution >= 0.6 is 0 Å². The Kier molecular flexibility index (Phi) is 3.63. The SMILES string of the molecule is CNC1CC2CCCC(C1)N2Cc1cnn(C)c1C. The molecule has 2 saturated heterocycles. The molecule has 2 bridgehead atoms. The second-order valence-electron chi connectivity index (χ2n) is 6.25. The summed E-state index contributed by atoms with van der Waals surface area (Å²) in [5.41, 5.74) is 2.72. The number of rotatable bonds is 3. The van der Waals surface area contributed by atoms with E-state index in [0.29, 0.717) is 0 Å². The minimum atomic E-state index is 0.724. The van der Waals surface area contributed by atoms with Crippen LogP contribution < -0.4 is 5.32 Å². The van der Waals surface area contributed by atoms with Gasteiger partial charge in [0.1, 0.15) is 0 Å². The highest BCUT2D eigenvalue weighted by Gasteiger charge is 2.37. The molecule has 2 aliphatic heterocycles. The van der Waals surface area contributed by atoms with Gasteiger partial charge in [-0.3, -0.25) is 9.58 Å². The predicted molar refractivity (Wildman–Crippen MR) is 77.0 cm³/mol. The molecule has 2 fully saturated rings. The molecule has 2 aliphatic rings. The highest BCUT2D eigenvalue weighted by Crippen LogP contribution is 2.35. The normalized spacial score (nSPS) is 31.6. The van der Waals surface area contributed by atoms with Gasteiger partial charge in [0.25, 0.3) is 0 Å². The topological polar surface area (TPSA) is 33.1 Å².